The van der Waals surface area contributed by atoms with Gasteiger partial charge in [-0.25, -0.2) is 0 Å². The summed E-state index contributed by atoms with van der Waals surface area (Å²) in [6.45, 7) is 11.7. The average Bonchev–Trinajstić information content (AvgIpc) is 3.71. The summed E-state index contributed by atoms with van der Waals surface area (Å²) in [6, 6.07) is 76.0. The van der Waals surface area contributed by atoms with E-state index in [9.17, 15) is 0 Å². The van der Waals surface area contributed by atoms with Gasteiger partial charge in [-0.15, -0.1) is 0 Å². The van der Waals surface area contributed by atoms with E-state index in [4.69, 9.17) is 0 Å². The summed E-state index contributed by atoms with van der Waals surface area (Å²) in [4.78, 5) is 0. The molecule has 0 spiro atoms. The Morgan fingerprint density at radius 1 is 0.246 bits per heavy atom. The summed E-state index contributed by atoms with van der Waals surface area (Å²) < 4.78 is 0. The lowest BCUT2D eigenvalue weighted by molar-refractivity contribution is 0.659. The zero-order valence-electron chi connectivity index (χ0n) is 37.6. The zero-order valence-corrected chi connectivity index (χ0v) is 37.6. The second-order valence-corrected chi connectivity index (χ2v) is 19.6. The minimum atomic E-state index is -0.189. The molecule has 0 heteroatoms. The van der Waals surface area contributed by atoms with Gasteiger partial charge in [0.15, 0.2) is 0 Å². The molecule has 0 aromatic heterocycles. The Hall–Kier alpha value is -7.54. The van der Waals surface area contributed by atoms with Gasteiger partial charge in [0.1, 0.15) is 0 Å². The van der Waals surface area contributed by atoms with E-state index in [2.05, 4.69) is 235 Å². The Kier molecular flexibility index (Phi) is 8.02. The van der Waals surface area contributed by atoms with Gasteiger partial charge >= 0.3 is 0 Å². The zero-order chi connectivity index (χ0) is 43.8. The van der Waals surface area contributed by atoms with Crippen LogP contribution in [0.15, 0.2) is 200 Å². The topological polar surface area (TPSA) is 0 Å². The molecule has 0 heterocycles. The molecule has 0 N–H and O–H groups in total. The number of rotatable bonds is 4. The Labute approximate surface area is 381 Å². The Balaban J connectivity index is 0.983. The number of hydrogen-bond acceptors (Lipinski definition) is 0. The molecule has 2 aliphatic rings. The van der Waals surface area contributed by atoms with Crippen molar-refractivity contribution in [1.29, 1.82) is 0 Å². The number of hydrogen-bond donors (Lipinski definition) is 0. The maximum Gasteiger partial charge on any atom is 0.0159 e. The quantitative estimate of drug-likeness (QED) is 0.155. The van der Waals surface area contributed by atoms with Crippen molar-refractivity contribution in [2.24, 2.45) is 0 Å². The third kappa shape index (κ3) is 5.38. The number of fused-ring (bicyclic) bond motifs is 10. The lowest BCUT2D eigenvalue weighted by Gasteiger charge is -2.24. The van der Waals surface area contributed by atoms with E-state index in [1.54, 1.807) is 0 Å². The summed E-state index contributed by atoms with van der Waals surface area (Å²) in [5.74, 6) is 0. The first kappa shape index (κ1) is 38.0. The molecule has 308 valence electrons. The molecule has 0 saturated carbocycles. The molecule has 11 aromatic rings. The van der Waals surface area contributed by atoms with Crippen molar-refractivity contribution in [2.45, 2.75) is 45.4 Å². The molecule has 0 unspecified atom stereocenters. The Bertz CT molecular complexity index is 3700. The molecule has 2 aliphatic carbocycles. The van der Waals surface area contributed by atoms with Gasteiger partial charge in [-0.2, -0.15) is 0 Å². The fraction of sp³-hybridized carbons (Fsp3) is 0.108. The van der Waals surface area contributed by atoms with Crippen LogP contribution in [-0.4, -0.2) is 0 Å². The largest absolute Gasteiger partial charge is 0.0619 e. The monoisotopic (exact) mass is 828 g/mol. The predicted octanol–water partition coefficient (Wildman–Crippen LogP) is 17.9. The fourth-order valence-corrected chi connectivity index (χ4v) is 12.1. The van der Waals surface area contributed by atoms with Crippen molar-refractivity contribution in [3.05, 3.63) is 228 Å². The summed E-state index contributed by atoms with van der Waals surface area (Å²) in [5, 5.41) is 10.2. The molecular weight excluding hydrogens is 781 g/mol. The predicted molar refractivity (Wildman–Crippen MR) is 278 cm³/mol. The van der Waals surface area contributed by atoms with Crippen molar-refractivity contribution in [2.75, 3.05) is 0 Å². The minimum Gasteiger partial charge on any atom is -0.0619 e. The van der Waals surface area contributed by atoms with Gasteiger partial charge in [0.05, 0.1) is 0 Å². The summed E-state index contributed by atoms with van der Waals surface area (Å²) in [6.07, 6.45) is 0. The highest BCUT2D eigenvalue weighted by Gasteiger charge is 2.38. The van der Waals surface area contributed by atoms with Crippen molar-refractivity contribution in [3.8, 4) is 66.8 Å². The van der Waals surface area contributed by atoms with Crippen LogP contribution in [0.25, 0.3) is 110 Å². The molecule has 13 rings (SSSR count). The molecule has 0 amide bonds. The molecule has 65 heavy (non-hydrogen) atoms. The van der Waals surface area contributed by atoms with Crippen molar-refractivity contribution < 1.29 is 0 Å². The summed E-state index contributed by atoms with van der Waals surface area (Å²) in [5.41, 5.74) is 22.3. The van der Waals surface area contributed by atoms with Crippen LogP contribution in [0, 0.1) is 6.92 Å². The van der Waals surface area contributed by atoms with E-state index in [1.807, 2.05) is 0 Å². The van der Waals surface area contributed by atoms with Gasteiger partial charge in [0.25, 0.3) is 0 Å². The molecule has 0 fully saturated rings. The molecule has 0 nitrogen and oxygen atoms in total. The van der Waals surface area contributed by atoms with Gasteiger partial charge in [-0.05, 0) is 157 Å². The molecule has 0 saturated heterocycles. The van der Waals surface area contributed by atoms with Crippen LogP contribution in [-0.2, 0) is 10.8 Å². The van der Waals surface area contributed by atoms with Gasteiger partial charge in [-0.3, -0.25) is 0 Å². The fourth-order valence-electron chi connectivity index (χ4n) is 12.1. The van der Waals surface area contributed by atoms with Crippen LogP contribution in [0.1, 0.15) is 55.5 Å². The van der Waals surface area contributed by atoms with Crippen molar-refractivity contribution in [3.63, 3.8) is 0 Å². The third-order valence-electron chi connectivity index (χ3n) is 15.3. The van der Waals surface area contributed by atoms with Crippen molar-refractivity contribution in [1.82, 2.24) is 0 Å². The van der Waals surface area contributed by atoms with Gasteiger partial charge in [-0.1, -0.05) is 215 Å². The van der Waals surface area contributed by atoms with Crippen LogP contribution < -0.4 is 0 Å². The van der Waals surface area contributed by atoms with E-state index in [-0.39, 0.29) is 10.8 Å². The average molecular weight is 829 g/mol. The first-order chi connectivity index (χ1) is 31.7. The minimum absolute atomic E-state index is 0.0367. The lowest BCUT2D eigenvalue weighted by atomic mass is 9.79. The molecule has 0 aliphatic heterocycles. The van der Waals surface area contributed by atoms with Gasteiger partial charge < -0.3 is 0 Å². The molecule has 0 bridgehead atoms. The smallest absolute Gasteiger partial charge is 0.0159 e. The first-order valence-corrected chi connectivity index (χ1v) is 23.2. The first-order valence-electron chi connectivity index (χ1n) is 23.2. The van der Waals surface area contributed by atoms with Crippen LogP contribution >= 0.6 is 0 Å². The summed E-state index contributed by atoms with van der Waals surface area (Å²) in [7, 11) is 0. The highest BCUT2D eigenvalue weighted by atomic mass is 14.4. The summed E-state index contributed by atoms with van der Waals surface area (Å²) >= 11 is 0. The third-order valence-corrected chi connectivity index (χ3v) is 15.3. The Morgan fingerprint density at radius 2 is 0.538 bits per heavy atom. The van der Waals surface area contributed by atoms with Crippen LogP contribution in [0.2, 0.25) is 0 Å². The number of benzene rings is 11. The maximum absolute atomic E-state index is 2.51. The molecular formula is C65H48. The standard InChI is InChI=1S/C65H48/c1-39-26-28-40(29-27-39)60-48-17-6-10-21-52(48)62(53-22-11-7-18-49(53)60)63-54-23-12-8-19-50(54)61(51-20-9-13-24-55(51)63)43-32-35-47-46-34-31-42(37-58(46)65(4,5)59(47)38-43)41-30-33-45-44-16-14-15-25-56(44)64(2,3)57(45)36-41/h6-38H,1-5H3. The SMILES string of the molecule is Cc1ccc(-c2c3ccccc3c(-c3c4ccccc4c(-c4ccc5c(c4)C(C)(C)c4cc(-c6ccc7c(c6)C(C)(C)c6ccccc6-7)ccc4-5)c4ccccc34)c3ccccc23)cc1. The van der Waals surface area contributed by atoms with Gasteiger partial charge in [0.2, 0.25) is 0 Å². The van der Waals surface area contributed by atoms with Crippen LogP contribution in [0.4, 0.5) is 0 Å². The molecule has 0 atom stereocenters. The van der Waals surface area contributed by atoms with E-state index in [1.165, 1.54) is 138 Å². The second kappa shape index (κ2) is 13.7. The van der Waals surface area contributed by atoms with E-state index in [0.717, 1.165) is 0 Å². The normalized spacial score (nSPS) is 14.2. The van der Waals surface area contributed by atoms with E-state index < -0.39 is 0 Å². The van der Waals surface area contributed by atoms with E-state index in [0.29, 0.717) is 0 Å². The molecule has 11 aromatic carbocycles. The molecule has 0 radical (unpaired) electrons. The van der Waals surface area contributed by atoms with E-state index >= 15 is 0 Å². The highest BCUT2D eigenvalue weighted by Crippen LogP contribution is 2.55. The second-order valence-electron chi connectivity index (χ2n) is 19.6. The van der Waals surface area contributed by atoms with Crippen LogP contribution in [0.5, 0.6) is 0 Å². The number of aryl methyl sites for hydroxylation is 1. The Morgan fingerprint density at radius 3 is 0.969 bits per heavy atom. The van der Waals surface area contributed by atoms with Gasteiger partial charge in [0, 0.05) is 10.8 Å². The lowest BCUT2D eigenvalue weighted by Crippen LogP contribution is -2.15. The highest BCUT2D eigenvalue weighted by molar-refractivity contribution is 6.30. The van der Waals surface area contributed by atoms with Crippen LogP contribution in [0.3, 0.4) is 0 Å². The van der Waals surface area contributed by atoms with Crippen molar-refractivity contribution >= 4 is 43.1 Å². The maximum atomic E-state index is 2.51.